The number of hydrogen-bond donors (Lipinski definition) is 1. The third kappa shape index (κ3) is 6.22. The maximum absolute atomic E-state index is 13.2. The average molecular weight is 438 g/mol. The van der Waals surface area contributed by atoms with Gasteiger partial charge in [-0.05, 0) is 31.5 Å². The number of amides is 1. The Hall–Kier alpha value is -3.56. The first-order valence-corrected chi connectivity index (χ1v) is 10.3. The first-order valence-electron chi connectivity index (χ1n) is 10.3. The van der Waals surface area contributed by atoms with Crippen LogP contribution in [-0.2, 0) is 27.4 Å². The van der Waals surface area contributed by atoms with Crippen molar-refractivity contribution in [2.45, 2.75) is 33.3 Å². The van der Waals surface area contributed by atoms with Gasteiger partial charge in [-0.15, -0.1) is 0 Å². The van der Waals surface area contributed by atoms with Gasteiger partial charge < -0.3 is 14.2 Å². The van der Waals surface area contributed by atoms with Crippen molar-refractivity contribution in [2.24, 2.45) is 0 Å². The molecule has 0 radical (unpaired) electrons. The minimum atomic E-state index is -0.748. The summed E-state index contributed by atoms with van der Waals surface area (Å²) in [7, 11) is 0. The van der Waals surface area contributed by atoms with Crippen LogP contribution < -0.4 is 10.9 Å². The second kappa shape index (κ2) is 11.7. The molecule has 0 atom stereocenters. The van der Waals surface area contributed by atoms with Gasteiger partial charge in [0.2, 0.25) is 0 Å². The zero-order valence-electron chi connectivity index (χ0n) is 18.1. The SMILES string of the molecule is CCOC(Cn1c(-c2ccncc2)ncc(NC(=O)OCc2ccccc2)c1=O)OCC. The van der Waals surface area contributed by atoms with Gasteiger partial charge in [0, 0.05) is 31.2 Å². The molecular formula is C23H26N4O5. The zero-order chi connectivity index (χ0) is 22.8. The second-order valence-corrected chi connectivity index (χ2v) is 6.67. The summed E-state index contributed by atoms with van der Waals surface area (Å²) >= 11 is 0. The van der Waals surface area contributed by atoms with Gasteiger partial charge in [-0.25, -0.2) is 9.78 Å². The normalized spacial score (nSPS) is 10.8. The molecule has 168 valence electrons. The highest BCUT2D eigenvalue weighted by atomic mass is 16.7. The summed E-state index contributed by atoms with van der Waals surface area (Å²) < 4.78 is 17.8. The molecule has 3 aromatic rings. The topological polar surface area (TPSA) is 105 Å². The van der Waals surface area contributed by atoms with Crippen LogP contribution in [0.2, 0.25) is 0 Å². The van der Waals surface area contributed by atoms with Crippen molar-refractivity contribution in [2.75, 3.05) is 18.5 Å². The van der Waals surface area contributed by atoms with Gasteiger partial charge >= 0.3 is 6.09 Å². The Bertz CT molecular complexity index is 1050. The van der Waals surface area contributed by atoms with Gasteiger partial charge in [0.25, 0.3) is 5.56 Å². The molecule has 1 aromatic carbocycles. The van der Waals surface area contributed by atoms with Crippen LogP contribution in [0.4, 0.5) is 10.5 Å². The van der Waals surface area contributed by atoms with Crippen LogP contribution in [0.3, 0.4) is 0 Å². The van der Waals surface area contributed by atoms with Gasteiger partial charge in [-0.2, -0.15) is 0 Å². The molecule has 32 heavy (non-hydrogen) atoms. The Morgan fingerprint density at radius 3 is 2.41 bits per heavy atom. The standard InChI is InChI=1S/C23H26N4O5/c1-3-30-20(31-4-2)15-27-21(18-10-12-24-13-11-18)25-14-19(22(27)28)26-23(29)32-16-17-8-6-5-7-9-17/h5-14,20H,3-4,15-16H2,1-2H3,(H,26,29). The lowest BCUT2D eigenvalue weighted by Gasteiger charge is -2.20. The number of nitrogens with zero attached hydrogens (tertiary/aromatic N) is 3. The Kier molecular flexibility index (Phi) is 8.47. The minimum absolute atomic E-state index is 0.00684. The van der Waals surface area contributed by atoms with Gasteiger partial charge in [-0.1, -0.05) is 30.3 Å². The van der Waals surface area contributed by atoms with E-state index in [1.165, 1.54) is 10.8 Å². The molecule has 0 fully saturated rings. The van der Waals surface area contributed by atoms with E-state index in [-0.39, 0.29) is 18.8 Å². The van der Waals surface area contributed by atoms with Gasteiger partial charge in [0.1, 0.15) is 18.1 Å². The maximum Gasteiger partial charge on any atom is 0.412 e. The first kappa shape index (κ1) is 23.1. The summed E-state index contributed by atoms with van der Waals surface area (Å²) in [4.78, 5) is 33.9. The van der Waals surface area contributed by atoms with E-state index in [9.17, 15) is 9.59 Å². The number of rotatable bonds is 10. The largest absolute Gasteiger partial charge is 0.444 e. The summed E-state index contributed by atoms with van der Waals surface area (Å²) in [5.41, 5.74) is 1.07. The van der Waals surface area contributed by atoms with Crippen molar-refractivity contribution in [3.63, 3.8) is 0 Å². The number of carbonyl (C=O) groups excluding carboxylic acids is 1. The lowest BCUT2D eigenvalue weighted by molar-refractivity contribution is -0.143. The quantitative estimate of drug-likeness (QED) is 0.483. The van der Waals surface area contributed by atoms with E-state index in [0.717, 1.165) is 5.56 Å². The van der Waals surface area contributed by atoms with Crippen LogP contribution in [0.15, 0.2) is 65.8 Å². The second-order valence-electron chi connectivity index (χ2n) is 6.67. The van der Waals surface area contributed by atoms with Crippen LogP contribution in [0.25, 0.3) is 11.4 Å². The van der Waals surface area contributed by atoms with Crippen LogP contribution in [0.5, 0.6) is 0 Å². The summed E-state index contributed by atoms with van der Waals surface area (Å²) in [6.45, 7) is 4.71. The van der Waals surface area contributed by atoms with E-state index in [0.29, 0.717) is 24.6 Å². The molecule has 2 aromatic heterocycles. The number of aromatic nitrogens is 3. The highest BCUT2D eigenvalue weighted by Gasteiger charge is 2.19. The number of hydrogen-bond acceptors (Lipinski definition) is 7. The molecule has 3 rings (SSSR count). The molecule has 0 saturated heterocycles. The predicted molar refractivity (Wildman–Crippen MR) is 119 cm³/mol. The van der Waals surface area contributed by atoms with Crippen molar-refractivity contribution < 1.29 is 19.0 Å². The summed E-state index contributed by atoms with van der Waals surface area (Å²) in [6.07, 6.45) is 3.14. The van der Waals surface area contributed by atoms with Crippen LogP contribution in [-0.4, -0.2) is 40.1 Å². The monoisotopic (exact) mass is 438 g/mol. The average Bonchev–Trinajstić information content (AvgIpc) is 2.82. The molecule has 0 aliphatic carbocycles. The zero-order valence-corrected chi connectivity index (χ0v) is 18.1. The van der Waals surface area contributed by atoms with Crippen molar-refractivity contribution in [1.82, 2.24) is 14.5 Å². The van der Waals surface area contributed by atoms with E-state index in [2.05, 4.69) is 15.3 Å². The molecule has 9 heteroatoms. The van der Waals surface area contributed by atoms with Crippen molar-refractivity contribution >= 4 is 11.8 Å². The van der Waals surface area contributed by atoms with E-state index in [1.54, 1.807) is 24.5 Å². The molecule has 1 N–H and O–H groups in total. The molecule has 0 aliphatic rings. The van der Waals surface area contributed by atoms with E-state index < -0.39 is 17.9 Å². The summed E-state index contributed by atoms with van der Waals surface area (Å²) in [6, 6.07) is 12.7. The highest BCUT2D eigenvalue weighted by Crippen LogP contribution is 2.17. The fourth-order valence-corrected chi connectivity index (χ4v) is 3.02. The van der Waals surface area contributed by atoms with Crippen molar-refractivity contribution in [1.29, 1.82) is 0 Å². The van der Waals surface area contributed by atoms with Crippen LogP contribution in [0.1, 0.15) is 19.4 Å². The molecule has 0 unspecified atom stereocenters. The lowest BCUT2D eigenvalue weighted by atomic mass is 10.2. The van der Waals surface area contributed by atoms with E-state index >= 15 is 0 Å². The lowest BCUT2D eigenvalue weighted by Crippen LogP contribution is -2.34. The van der Waals surface area contributed by atoms with Crippen LogP contribution >= 0.6 is 0 Å². The van der Waals surface area contributed by atoms with Crippen molar-refractivity contribution in [3.05, 3.63) is 77.0 Å². The maximum atomic E-state index is 13.2. The first-order chi connectivity index (χ1) is 15.6. The molecule has 0 aliphatic heterocycles. The number of nitrogens with one attached hydrogen (secondary N) is 1. The third-order valence-electron chi connectivity index (χ3n) is 4.47. The van der Waals surface area contributed by atoms with E-state index in [4.69, 9.17) is 14.2 Å². The fraction of sp³-hybridized carbons (Fsp3) is 0.304. The minimum Gasteiger partial charge on any atom is -0.444 e. The Balaban J connectivity index is 1.85. The van der Waals surface area contributed by atoms with Crippen molar-refractivity contribution in [3.8, 4) is 11.4 Å². The highest BCUT2D eigenvalue weighted by molar-refractivity contribution is 5.84. The Morgan fingerprint density at radius 1 is 1.06 bits per heavy atom. The number of ether oxygens (including phenoxy) is 3. The van der Waals surface area contributed by atoms with Gasteiger partial charge in [0.05, 0.1) is 12.7 Å². The number of carbonyl (C=O) groups is 1. The van der Waals surface area contributed by atoms with Gasteiger partial charge in [-0.3, -0.25) is 19.7 Å². The number of anilines is 1. The molecule has 0 bridgehead atoms. The Labute approximate surface area is 186 Å². The molecule has 9 nitrogen and oxygen atoms in total. The molecule has 0 saturated carbocycles. The molecular weight excluding hydrogens is 412 g/mol. The van der Waals surface area contributed by atoms with Gasteiger partial charge in [0.15, 0.2) is 6.29 Å². The Morgan fingerprint density at radius 2 is 1.75 bits per heavy atom. The summed E-state index contributed by atoms with van der Waals surface area (Å²) in [5.74, 6) is 0.407. The molecule has 0 spiro atoms. The molecule has 2 heterocycles. The third-order valence-corrected chi connectivity index (χ3v) is 4.47. The molecule has 1 amide bonds. The van der Waals surface area contributed by atoms with E-state index in [1.807, 2.05) is 44.2 Å². The fourth-order valence-electron chi connectivity index (χ4n) is 3.02. The number of pyridine rings is 1. The van der Waals surface area contributed by atoms with Crippen LogP contribution in [0, 0.1) is 0 Å². The predicted octanol–water partition coefficient (Wildman–Crippen LogP) is 3.45. The smallest absolute Gasteiger partial charge is 0.412 e. The summed E-state index contributed by atoms with van der Waals surface area (Å²) in [5, 5.41) is 2.49. The number of benzene rings is 1.